The predicted octanol–water partition coefficient (Wildman–Crippen LogP) is 3.34. The monoisotopic (exact) mass is 617 g/mol. The lowest BCUT2D eigenvalue weighted by atomic mass is 9.81. The Morgan fingerprint density at radius 1 is 0.911 bits per heavy atom. The molecule has 3 N–H and O–H groups in total. The topological polar surface area (TPSA) is 139 Å². The lowest BCUT2D eigenvalue weighted by molar-refractivity contribution is -0.172. The van der Waals surface area contributed by atoms with Gasteiger partial charge in [-0.05, 0) is 70.1 Å². The summed E-state index contributed by atoms with van der Waals surface area (Å²) >= 11 is 0. The van der Waals surface area contributed by atoms with Crippen molar-refractivity contribution >= 4 is 40.7 Å². The average molecular weight is 618 g/mol. The van der Waals surface area contributed by atoms with Crippen LogP contribution in [0.25, 0.3) is 17.0 Å². The van der Waals surface area contributed by atoms with Gasteiger partial charge in [0.05, 0.1) is 23.9 Å². The van der Waals surface area contributed by atoms with Crippen LogP contribution < -0.4 is 16.1 Å². The molecule has 4 heterocycles. The molecular formula is C34H43N5O6. The maximum atomic E-state index is 14.0. The standard InChI is InChI=1S/C34H43N5O6/c1-21-26-13-12-24-11-10-23(19-28(24)37-26)14-16-34(15-6-18-44-20-34)33(43)45-29(25-7-3-4-8-25)31(41)36-22(2)32(42)39-17-5-9-27(38-39)30(40)35-21/h10-14,16,19,21-22,25,27,29,38H,3-9,15,17-18,20H2,1-2H3,(H,35,40)(H,36,41)/b16-14+/t21-,22+,27+,29+,34?/m1/s1. The van der Waals surface area contributed by atoms with Crippen molar-refractivity contribution in [1.82, 2.24) is 26.1 Å². The number of benzene rings is 1. The fourth-order valence-corrected chi connectivity index (χ4v) is 6.90. The second kappa shape index (κ2) is 13.3. The van der Waals surface area contributed by atoms with Crippen molar-refractivity contribution in [2.45, 2.75) is 89.4 Å². The molecule has 45 heavy (non-hydrogen) atoms. The predicted molar refractivity (Wildman–Crippen MR) is 167 cm³/mol. The van der Waals surface area contributed by atoms with Crippen molar-refractivity contribution in [3.05, 3.63) is 47.7 Å². The Kier molecular flexibility index (Phi) is 9.18. The zero-order valence-corrected chi connectivity index (χ0v) is 26.1. The molecule has 11 nitrogen and oxygen atoms in total. The van der Waals surface area contributed by atoms with E-state index >= 15 is 0 Å². The third-order valence-corrected chi connectivity index (χ3v) is 9.63. The zero-order valence-electron chi connectivity index (χ0n) is 26.1. The molecule has 11 heteroatoms. The minimum Gasteiger partial charge on any atom is -0.451 e. The van der Waals surface area contributed by atoms with Gasteiger partial charge in [-0.1, -0.05) is 43.2 Å². The number of hydrogen-bond acceptors (Lipinski definition) is 8. The first-order chi connectivity index (χ1) is 21.7. The summed E-state index contributed by atoms with van der Waals surface area (Å²) in [6.45, 7) is 4.62. The molecule has 6 rings (SSSR count). The Labute approximate surface area is 263 Å². The second-order valence-corrected chi connectivity index (χ2v) is 13.0. The van der Waals surface area contributed by atoms with E-state index < -0.39 is 35.5 Å². The number of cyclic esters (lactones) is 1. The van der Waals surface area contributed by atoms with Gasteiger partial charge < -0.3 is 20.1 Å². The molecule has 3 amide bonds. The van der Waals surface area contributed by atoms with E-state index in [0.717, 1.165) is 42.1 Å². The van der Waals surface area contributed by atoms with Gasteiger partial charge in [0.15, 0.2) is 6.10 Å². The number of fused-ring (bicyclic) bond motifs is 4. The van der Waals surface area contributed by atoms with E-state index in [1.165, 1.54) is 5.01 Å². The molecule has 2 saturated heterocycles. The normalized spacial score (nSPS) is 31.5. The van der Waals surface area contributed by atoms with Crippen LogP contribution in [0.4, 0.5) is 0 Å². The van der Waals surface area contributed by atoms with E-state index in [1.807, 2.05) is 49.4 Å². The lowest BCUT2D eigenvalue weighted by Gasteiger charge is -2.36. The number of carbonyl (C=O) groups is 4. The van der Waals surface area contributed by atoms with Crippen molar-refractivity contribution in [1.29, 1.82) is 0 Å². The van der Waals surface area contributed by atoms with Crippen LogP contribution in [0.1, 0.15) is 82.5 Å². The number of pyridine rings is 1. The summed E-state index contributed by atoms with van der Waals surface area (Å²) in [5, 5.41) is 8.23. The van der Waals surface area contributed by atoms with E-state index in [2.05, 4.69) is 16.1 Å². The summed E-state index contributed by atoms with van der Waals surface area (Å²) in [7, 11) is 0. The second-order valence-electron chi connectivity index (χ2n) is 13.0. The number of nitrogens with zero attached hydrogens (tertiary/aromatic N) is 2. The molecule has 5 atom stereocenters. The maximum absolute atomic E-state index is 14.0. The molecule has 1 saturated carbocycles. The van der Waals surface area contributed by atoms with Crippen LogP contribution in [0.3, 0.4) is 0 Å². The number of ether oxygens (including phenoxy) is 2. The van der Waals surface area contributed by atoms with E-state index in [9.17, 15) is 19.2 Å². The van der Waals surface area contributed by atoms with Crippen molar-refractivity contribution in [2.24, 2.45) is 11.3 Å². The van der Waals surface area contributed by atoms with Crippen LogP contribution in [0.15, 0.2) is 36.4 Å². The molecule has 1 spiro atoms. The number of hydrazine groups is 1. The minimum absolute atomic E-state index is 0.132. The number of carbonyl (C=O) groups excluding carboxylic acids is 4. The van der Waals surface area contributed by atoms with Gasteiger partial charge in [-0.25, -0.2) is 5.43 Å². The molecule has 1 aromatic carbocycles. The summed E-state index contributed by atoms with van der Waals surface area (Å²) in [6, 6.07) is 7.91. The van der Waals surface area contributed by atoms with E-state index in [0.29, 0.717) is 44.5 Å². The van der Waals surface area contributed by atoms with Crippen LogP contribution in [0, 0.1) is 11.3 Å². The third kappa shape index (κ3) is 6.74. The number of esters is 1. The van der Waals surface area contributed by atoms with Gasteiger partial charge in [0, 0.05) is 24.5 Å². The first-order valence-corrected chi connectivity index (χ1v) is 16.3. The van der Waals surface area contributed by atoms with Crippen LogP contribution >= 0.6 is 0 Å². The smallest absolute Gasteiger partial charge is 0.319 e. The first-order valence-electron chi connectivity index (χ1n) is 16.3. The molecular weight excluding hydrogens is 574 g/mol. The SMILES string of the molecule is C[C@@H]1NC(=O)[C@H](C2CCCC2)OC(=O)C2(/C=C/c3ccc4ccc(nc4c3)[C@@H](C)NC(=O)[C@@H]3CCCN(N3)C1=O)CCCOC2. The molecule has 1 aliphatic carbocycles. The summed E-state index contributed by atoms with van der Waals surface area (Å²) in [5.74, 6) is -1.69. The Balaban J connectivity index is 1.37. The van der Waals surface area contributed by atoms with Crippen LogP contribution in [0.2, 0.25) is 0 Å². The fraction of sp³-hybridized carbons (Fsp3) is 0.559. The number of rotatable bonds is 1. The largest absolute Gasteiger partial charge is 0.451 e. The number of hydrogen-bond donors (Lipinski definition) is 3. The number of nitrogens with one attached hydrogen (secondary N) is 3. The molecule has 1 unspecified atom stereocenters. The highest BCUT2D eigenvalue weighted by molar-refractivity contribution is 5.92. The van der Waals surface area contributed by atoms with Gasteiger partial charge in [-0.2, -0.15) is 0 Å². The van der Waals surface area contributed by atoms with Crippen LogP contribution in [-0.4, -0.2) is 71.6 Å². The third-order valence-electron chi connectivity index (χ3n) is 9.63. The van der Waals surface area contributed by atoms with Gasteiger partial charge in [-0.15, -0.1) is 0 Å². The Hall–Kier alpha value is -3.83. The highest BCUT2D eigenvalue weighted by Gasteiger charge is 2.44. The quantitative estimate of drug-likeness (QED) is 0.415. The lowest BCUT2D eigenvalue weighted by Crippen LogP contribution is -2.61. The molecule has 0 radical (unpaired) electrons. The summed E-state index contributed by atoms with van der Waals surface area (Å²) in [6.07, 6.45) is 8.56. The molecule has 240 valence electrons. The van der Waals surface area contributed by atoms with E-state index in [1.54, 1.807) is 6.92 Å². The van der Waals surface area contributed by atoms with Gasteiger partial charge >= 0.3 is 5.97 Å². The van der Waals surface area contributed by atoms with Crippen molar-refractivity contribution < 1.29 is 28.7 Å². The van der Waals surface area contributed by atoms with Gasteiger partial charge in [0.2, 0.25) is 5.91 Å². The molecule has 3 aliphatic heterocycles. The molecule has 5 bridgehead atoms. The van der Waals surface area contributed by atoms with Crippen LogP contribution in [0.5, 0.6) is 0 Å². The van der Waals surface area contributed by atoms with Crippen LogP contribution in [-0.2, 0) is 28.7 Å². The van der Waals surface area contributed by atoms with Crippen molar-refractivity contribution in [2.75, 3.05) is 19.8 Å². The minimum atomic E-state index is -1.05. The molecule has 3 fully saturated rings. The van der Waals surface area contributed by atoms with E-state index in [4.69, 9.17) is 14.5 Å². The van der Waals surface area contributed by atoms with Crippen molar-refractivity contribution in [3.63, 3.8) is 0 Å². The summed E-state index contributed by atoms with van der Waals surface area (Å²) < 4.78 is 11.9. The maximum Gasteiger partial charge on any atom is 0.319 e. The highest BCUT2D eigenvalue weighted by Crippen LogP contribution is 2.36. The zero-order chi connectivity index (χ0) is 31.6. The number of aromatic nitrogens is 1. The molecule has 2 aromatic rings. The summed E-state index contributed by atoms with van der Waals surface area (Å²) in [4.78, 5) is 59.3. The fourth-order valence-electron chi connectivity index (χ4n) is 6.90. The van der Waals surface area contributed by atoms with Gasteiger partial charge in [0.25, 0.3) is 11.8 Å². The Bertz CT molecular complexity index is 1480. The Morgan fingerprint density at radius 3 is 2.47 bits per heavy atom. The average Bonchev–Trinajstić information content (AvgIpc) is 3.60. The number of amides is 3. The molecule has 4 aliphatic rings. The van der Waals surface area contributed by atoms with Gasteiger partial charge in [0.1, 0.15) is 17.5 Å². The molecule has 1 aromatic heterocycles. The highest BCUT2D eigenvalue weighted by atomic mass is 16.6. The summed E-state index contributed by atoms with van der Waals surface area (Å²) in [5.41, 5.74) is 4.35. The van der Waals surface area contributed by atoms with Crippen molar-refractivity contribution in [3.8, 4) is 0 Å². The van der Waals surface area contributed by atoms with Gasteiger partial charge in [-0.3, -0.25) is 29.2 Å². The van der Waals surface area contributed by atoms with E-state index in [-0.39, 0.29) is 30.4 Å². The Morgan fingerprint density at radius 2 is 1.69 bits per heavy atom. The first kappa shape index (κ1) is 31.2.